The fourth-order valence-corrected chi connectivity index (χ4v) is 2.10. The minimum Gasteiger partial charge on any atom is -0.492 e. The maximum absolute atomic E-state index is 11.7. The number of hydrogen-bond acceptors (Lipinski definition) is 3. The van der Waals surface area contributed by atoms with E-state index in [0.717, 1.165) is 25.3 Å². The molecule has 1 aromatic rings. The van der Waals surface area contributed by atoms with Gasteiger partial charge in [0.05, 0.1) is 12.5 Å². The van der Waals surface area contributed by atoms with Crippen molar-refractivity contribution in [2.75, 3.05) is 26.2 Å². The van der Waals surface area contributed by atoms with Gasteiger partial charge in [0.2, 0.25) is 5.91 Å². The Bertz CT molecular complexity index is 409. The molecule has 2 rings (SSSR count). The maximum Gasteiger partial charge on any atom is 0.224 e. The van der Waals surface area contributed by atoms with Crippen molar-refractivity contribution in [1.29, 1.82) is 0 Å². The zero-order chi connectivity index (χ0) is 12.8. The van der Waals surface area contributed by atoms with Crippen LogP contribution in [0.2, 0.25) is 5.02 Å². The van der Waals surface area contributed by atoms with E-state index in [1.54, 1.807) is 12.1 Å². The van der Waals surface area contributed by atoms with Gasteiger partial charge in [0.25, 0.3) is 0 Å². The highest BCUT2D eigenvalue weighted by Gasteiger charge is 2.21. The summed E-state index contributed by atoms with van der Waals surface area (Å²) < 4.78 is 5.49. The van der Waals surface area contributed by atoms with E-state index >= 15 is 0 Å². The van der Waals surface area contributed by atoms with Crippen LogP contribution in [0.4, 0.5) is 0 Å². The number of nitrogens with one attached hydrogen (secondary N) is 2. The predicted molar refractivity (Wildman–Crippen MR) is 78.2 cm³/mol. The molecule has 1 atom stereocenters. The first-order chi connectivity index (χ1) is 8.75. The normalized spacial score (nSPS) is 17.6. The highest BCUT2D eigenvalue weighted by atomic mass is 35.5. The lowest BCUT2D eigenvalue weighted by molar-refractivity contribution is -0.124. The van der Waals surface area contributed by atoms with Gasteiger partial charge in [0.15, 0.2) is 0 Å². The van der Waals surface area contributed by atoms with Gasteiger partial charge < -0.3 is 15.4 Å². The molecule has 1 aromatic carbocycles. The van der Waals surface area contributed by atoms with Crippen molar-refractivity contribution < 1.29 is 9.53 Å². The Hall–Kier alpha value is -0.970. The molecular weight excluding hydrogens is 287 g/mol. The Morgan fingerprint density at radius 3 is 3.05 bits per heavy atom. The molecule has 1 aliphatic heterocycles. The van der Waals surface area contributed by atoms with Gasteiger partial charge in [0.1, 0.15) is 12.4 Å². The van der Waals surface area contributed by atoms with Crippen molar-refractivity contribution in [2.24, 2.45) is 5.92 Å². The number of benzene rings is 1. The summed E-state index contributed by atoms with van der Waals surface area (Å²) in [6.45, 7) is 2.67. The fourth-order valence-electron chi connectivity index (χ4n) is 1.92. The molecule has 1 saturated heterocycles. The van der Waals surface area contributed by atoms with Crippen LogP contribution in [0.25, 0.3) is 0 Å². The monoisotopic (exact) mass is 304 g/mol. The van der Waals surface area contributed by atoms with Gasteiger partial charge in [-0.05, 0) is 31.2 Å². The lowest BCUT2D eigenvalue weighted by Crippen LogP contribution is -2.34. The standard InChI is InChI=1S/C13H17ClN2O2.ClH/c14-11-2-1-3-12(8-11)18-7-6-16-13(17)10-4-5-15-9-10;/h1-3,8,10,15H,4-7,9H2,(H,16,17);1H. The molecular formula is C13H18Cl2N2O2. The molecule has 1 unspecified atom stereocenters. The number of carbonyl (C=O) groups excluding carboxylic acids is 1. The van der Waals surface area contributed by atoms with Crippen molar-refractivity contribution in [3.8, 4) is 5.75 Å². The number of ether oxygens (including phenoxy) is 1. The van der Waals surface area contributed by atoms with E-state index in [1.165, 1.54) is 0 Å². The summed E-state index contributed by atoms with van der Waals surface area (Å²) in [4.78, 5) is 11.7. The first kappa shape index (κ1) is 16.1. The van der Waals surface area contributed by atoms with E-state index in [9.17, 15) is 4.79 Å². The summed E-state index contributed by atoms with van der Waals surface area (Å²) in [5, 5.41) is 6.69. The maximum atomic E-state index is 11.7. The van der Waals surface area contributed by atoms with Crippen molar-refractivity contribution in [1.82, 2.24) is 10.6 Å². The zero-order valence-electron chi connectivity index (χ0n) is 10.5. The largest absolute Gasteiger partial charge is 0.492 e. The minimum atomic E-state index is 0. The molecule has 1 heterocycles. The highest BCUT2D eigenvalue weighted by Crippen LogP contribution is 2.16. The minimum absolute atomic E-state index is 0. The molecule has 19 heavy (non-hydrogen) atoms. The van der Waals surface area contributed by atoms with Crippen LogP contribution in [-0.2, 0) is 4.79 Å². The first-order valence-corrected chi connectivity index (χ1v) is 6.50. The number of halogens is 2. The van der Waals surface area contributed by atoms with Crippen LogP contribution in [0.1, 0.15) is 6.42 Å². The first-order valence-electron chi connectivity index (χ1n) is 6.12. The molecule has 0 aliphatic carbocycles. The average molecular weight is 305 g/mol. The Morgan fingerprint density at radius 2 is 2.37 bits per heavy atom. The Labute approximate surface area is 124 Å². The van der Waals surface area contributed by atoms with E-state index in [0.29, 0.717) is 18.2 Å². The molecule has 0 aromatic heterocycles. The highest BCUT2D eigenvalue weighted by molar-refractivity contribution is 6.30. The Morgan fingerprint density at radius 1 is 1.53 bits per heavy atom. The zero-order valence-corrected chi connectivity index (χ0v) is 12.1. The topological polar surface area (TPSA) is 50.4 Å². The number of hydrogen-bond donors (Lipinski definition) is 2. The van der Waals surface area contributed by atoms with Gasteiger partial charge in [-0.15, -0.1) is 12.4 Å². The summed E-state index contributed by atoms with van der Waals surface area (Å²) >= 11 is 5.84. The van der Waals surface area contributed by atoms with Crippen molar-refractivity contribution >= 4 is 29.9 Å². The second kappa shape index (κ2) is 8.25. The molecule has 6 heteroatoms. The molecule has 0 bridgehead atoms. The second-order valence-electron chi connectivity index (χ2n) is 4.29. The fraction of sp³-hybridized carbons (Fsp3) is 0.462. The summed E-state index contributed by atoms with van der Waals surface area (Å²) in [6.07, 6.45) is 0.918. The molecule has 1 amide bonds. The van der Waals surface area contributed by atoms with E-state index in [4.69, 9.17) is 16.3 Å². The number of carbonyl (C=O) groups is 1. The van der Waals surface area contributed by atoms with Crippen molar-refractivity contribution in [3.05, 3.63) is 29.3 Å². The van der Waals surface area contributed by atoms with Crippen LogP contribution in [0.5, 0.6) is 5.75 Å². The van der Waals surface area contributed by atoms with Crippen LogP contribution in [0.3, 0.4) is 0 Å². The van der Waals surface area contributed by atoms with Gasteiger partial charge in [0, 0.05) is 11.6 Å². The molecule has 4 nitrogen and oxygen atoms in total. The Balaban J connectivity index is 0.00000180. The van der Waals surface area contributed by atoms with Crippen LogP contribution in [0, 0.1) is 5.92 Å². The van der Waals surface area contributed by atoms with Gasteiger partial charge in [-0.3, -0.25) is 4.79 Å². The summed E-state index contributed by atoms with van der Waals surface area (Å²) in [5.74, 6) is 0.935. The third-order valence-electron chi connectivity index (χ3n) is 2.90. The van der Waals surface area contributed by atoms with Crippen LogP contribution in [0.15, 0.2) is 24.3 Å². The molecule has 1 fully saturated rings. The lowest BCUT2D eigenvalue weighted by atomic mass is 10.1. The molecule has 1 aliphatic rings. The van der Waals surface area contributed by atoms with Crippen LogP contribution < -0.4 is 15.4 Å². The Kier molecular flexibility index (Phi) is 6.99. The number of rotatable bonds is 5. The van der Waals surface area contributed by atoms with Gasteiger partial charge in [-0.1, -0.05) is 17.7 Å². The molecule has 2 N–H and O–H groups in total. The van der Waals surface area contributed by atoms with E-state index < -0.39 is 0 Å². The van der Waals surface area contributed by atoms with Crippen molar-refractivity contribution in [3.63, 3.8) is 0 Å². The lowest BCUT2D eigenvalue weighted by Gasteiger charge is -2.10. The summed E-state index contributed by atoms with van der Waals surface area (Å²) in [7, 11) is 0. The summed E-state index contributed by atoms with van der Waals surface area (Å²) in [6, 6.07) is 7.22. The van der Waals surface area contributed by atoms with E-state index in [2.05, 4.69) is 10.6 Å². The molecule has 0 saturated carbocycles. The van der Waals surface area contributed by atoms with E-state index in [-0.39, 0.29) is 24.2 Å². The second-order valence-corrected chi connectivity index (χ2v) is 4.72. The molecule has 0 radical (unpaired) electrons. The molecule has 106 valence electrons. The van der Waals surface area contributed by atoms with E-state index in [1.807, 2.05) is 12.1 Å². The van der Waals surface area contributed by atoms with Crippen LogP contribution >= 0.6 is 24.0 Å². The third-order valence-corrected chi connectivity index (χ3v) is 3.13. The van der Waals surface area contributed by atoms with Crippen LogP contribution in [-0.4, -0.2) is 32.1 Å². The smallest absolute Gasteiger partial charge is 0.224 e. The van der Waals surface area contributed by atoms with Gasteiger partial charge in [-0.2, -0.15) is 0 Å². The summed E-state index contributed by atoms with van der Waals surface area (Å²) in [5.41, 5.74) is 0. The predicted octanol–water partition coefficient (Wildman–Crippen LogP) is 1.87. The third kappa shape index (κ3) is 5.27. The quantitative estimate of drug-likeness (QED) is 0.817. The number of amides is 1. The molecule has 0 spiro atoms. The average Bonchev–Trinajstić information content (AvgIpc) is 2.88. The van der Waals surface area contributed by atoms with Crippen molar-refractivity contribution in [2.45, 2.75) is 6.42 Å². The SMILES string of the molecule is Cl.O=C(NCCOc1cccc(Cl)c1)C1CCNC1. The van der Waals surface area contributed by atoms with Gasteiger partial charge >= 0.3 is 0 Å². The van der Waals surface area contributed by atoms with Gasteiger partial charge in [-0.25, -0.2) is 0 Å².